The summed E-state index contributed by atoms with van der Waals surface area (Å²) in [4.78, 5) is 14.0. The standard InChI is InChI=1S/C27H24O6S.Na/c1-30-21-15-22(31-2)19(26-14-17-7-5-6-8-25(17)34-26)11-16(21)9-10-20(28)18-12-23(32-3)27(29)24(13-18)33-4;/h5-15,29H,1-4H3;. The summed E-state index contributed by atoms with van der Waals surface area (Å²) in [6.07, 6.45) is 3.15. The summed E-state index contributed by atoms with van der Waals surface area (Å²) in [5, 5.41) is 11.3. The number of carbonyl (C=O) groups excluding carboxylic acids is 1. The first-order valence-electron chi connectivity index (χ1n) is 10.4. The smallest absolute Gasteiger partial charge is 0.200 e. The minimum atomic E-state index is -0.280. The minimum Gasteiger partial charge on any atom is -0.502 e. The zero-order valence-electron chi connectivity index (χ0n) is 20.2. The van der Waals surface area contributed by atoms with Crippen LogP contribution in [0.2, 0.25) is 0 Å². The van der Waals surface area contributed by atoms with Crippen molar-refractivity contribution in [1.82, 2.24) is 0 Å². The summed E-state index contributed by atoms with van der Waals surface area (Å²) >= 11 is 1.67. The van der Waals surface area contributed by atoms with Crippen LogP contribution in [-0.4, -0.2) is 68.9 Å². The van der Waals surface area contributed by atoms with Gasteiger partial charge >= 0.3 is 0 Å². The molecule has 0 amide bonds. The molecule has 35 heavy (non-hydrogen) atoms. The molecule has 0 aliphatic heterocycles. The molecule has 0 spiro atoms. The van der Waals surface area contributed by atoms with Gasteiger partial charge in [0.05, 0.1) is 28.4 Å². The number of aromatic hydroxyl groups is 1. The second-order valence-electron chi connectivity index (χ2n) is 7.37. The Bertz CT molecular complexity index is 1330. The molecule has 4 aromatic rings. The molecule has 0 unspecified atom stereocenters. The first-order chi connectivity index (χ1) is 16.5. The number of methoxy groups -OCH3 is 4. The fourth-order valence-electron chi connectivity index (χ4n) is 3.66. The van der Waals surface area contributed by atoms with E-state index in [2.05, 4.69) is 18.2 Å². The van der Waals surface area contributed by atoms with Gasteiger partial charge in [0.15, 0.2) is 17.3 Å². The third-order valence-electron chi connectivity index (χ3n) is 5.42. The number of ketones is 1. The maximum atomic E-state index is 12.9. The SMILES string of the molecule is COc1cc(OC)c(-c2cc3ccccc3s2)cc1C=CC(=O)c1cc(OC)c(O)c(OC)c1.[Na]. The van der Waals surface area contributed by atoms with E-state index in [4.69, 9.17) is 18.9 Å². The van der Waals surface area contributed by atoms with Crippen LogP contribution in [0.25, 0.3) is 26.6 Å². The van der Waals surface area contributed by atoms with Gasteiger partial charge in [0.25, 0.3) is 0 Å². The fourth-order valence-corrected chi connectivity index (χ4v) is 4.74. The molecule has 0 saturated heterocycles. The molecule has 0 aliphatic carbocycles. The van der Waals surface area contributed by atoms with Crippen LogP contribution in [0.1, 0.15) is 15.9 Å². The zero-order valence-corrected chi connectivity index (χ0v) is 23.1. The van der Waals surface area contributed by atoms with Crippen molar-refractivity contribution in [3.8, 4) is 39.2 Å². The van der Waals surface area contributed by atoms with Gasteiger partial charge in [0.1, 0.15) is 11.5 Å². The second kappa shape index (κ2) is 11.6. The first kappa shape index (κ1) is 26.6. The van der Waals surface area contributed by atoms with Crippen molar-refractivity contribution >= 4 is 62.8 Å². The third kappa shape index (κ3) is 5.49. The maximum absolute atomic E-state index is 12.9. The number of benzene rings is 3. The molecular weight excluding hydrogens is 475 g/mol. The molecule has 4 rings (SSSR count). The molecule has 1 heterocycles. The number of thiophene rings is 1. The second-order valence-corrected chi connectivity index (χ2v) is 8.45. The Labute approximate surface area is 230 Å². The fraction of sp³-hybridized carbons (Fsp3) is 0.148. The van der Waals surface area contributed by atoms with Crippen LogP contribution in [0.3, 0.4) is 0 Å². The topological polar surface area (TPSA) is 74.2 Å². The summed E-state index contributed by atoms with van der Waals surface area (Å²) < 4.78 is 22.7. The number of rotatable bonds is 8. The Kier molecular flexibility index (Phi) is 8.86. The normalized spacial score (nSPS) is 10.7. The third-order valence-corrected chi connectivity index (χ3v) is 6.57. The van der Waals surface area contributed by atoms with Crippen molar-refractivity contribution < 1.29 is 28.8 Å². The average molecular weight is 500 g/mol. The van der Waals surface area contributed by atoms with E-state index >= 15 is 0 Å². The Morgan fingerprint density at radius 1 is 0.829 bits per heavy atom. The summed E-state index contributed by atoms with van der Waals surface area (Å²) in [5.74, 6) is 1.13. The minimum absolute atomic E-state index is 0. The molecule has 0 fully saturated rings. The number of phenolic OH excluding ortho intramolecular Hbond substituents is 1. The van der Waals surface area contributed by atoms with E-state index in [0.717, 1.165) is 21.4 Å². The Hall–Kier alpha value is -2.97. The van der Waals surface area contributed by atoms with E-state index < -0.39 is 0 Å². The van der Waals surface area contributed by atoms with Crippen molar-refractivity contribution in [2.75, 3.05) is 28.4 Å². The summed E-state index contributed by atoms with van der Waals surface area (Å²) in [6.45, 7) is 0. The van der Waals surface area contributed by atoms with E-state index in [1.165, 1.54) is 37.1 Å². The average Bonchev–Trinajstić information content (AvgIpc) is 3.31. The van der Waals surface area contributed by atoms with Crippen molar-refractivity contribution in [1.29, 1.82) is 0 Å². The van der Waals surface area contributed by atoms with Crippen LogP contribution in [0.4, 0.5) is 0 Å². The number of ether oxygens (including phenoxy) is 4. The largest absolute Gasteiger partial charge is 0.502 e. The maximum Gasteiger partial charge on any atom is 0.200 e. The molecule has 8 heteroatoms. The predicted octanol–water partition coefficient (Wildman–Crippen LogP) is 5.82. The summed E-state index contributed by atoms with van der Waals surface area (Å²) in [5.41, 5.74) is 1.95. The van der Waals surface area contributed by atoms with E-state index in [-0.39, 0.29) is 52.6 Å². The van der Waals surface area contributed by atoms with Crippen molar-refractivity contribution in [2.24, 2.45) is 0 Å². The van der Waals surface area contributed by atoms with Gasteiger partial charge in [0.2, 0.25) is 5.75 Å². The van der Waals surface area contributed by atoms with Gasteiger partial charge in [-0.1, -0.05) is 18.2 Å². The molecular formula is C27H24NaO6S. The Balaban J connectivity index is 0.00000342. The van der Waals surface area contributed by atoms with Crippen LogP contribution < -0.4 is 18.9 Å². The number of fused-ring (bicyclic) bond motifs is 1. The molecule has 3 aromatic carbocycles. The monoisotopic (exact) mass is 499 g/mol. The molecule has 175 valence electrons. The molecule has 0 aliphatic rings. The van der Waals surface area contributed by atoms with E-state index in [0.29, 0.717) is 17.1 Å². The van der Waals surface area contributed by atoms with Crippen molar-refractivity contribution in [2.45, 2.75) is 0 Å². The van der Waals surface area contributed by atoms with Crippen molar-refractivity contribution in [3.63, 3.8) is 0 Å². The summed E-state index contributed by atoms with van der Waals surface area (Å²) in [7, 11) is 6.02. The van der Waals surface area contributed by atoms with E-state index in [9.17, 15) is 9.90 Å². The number of allylic oxidation sites excluding steroid dienone is 1. The molecule has 1 radical (unpaired) electrons. The van der Waals surface area contributed by atoms with Gasteiger partial charge in [-0.3, -0.25) is 4.79 Å². The van der Waals surface area contributed by atoms with Gasteiger partial charge in [-0.25, -0.2) is 0 Å². The van der Waals surface area contributed by atoms with Gasteiger partial charge < -0.3 is 24.1 Å². The molecule has 1 aromatic heterocycles. The molecule has 0 saturated carbocycles. The molecule has 1 N–H and O–H groups in total. The van der Waals surface area contributed by atoms with Gasteiger partial charge in [-0.2, -0.15) is 0 Å². The van der Waals surface area contributed by atoms with Gasteiger partial charge in [0, 0.05) is 61.9 Å². The van der Waals surface area contributed by atoms with Crippen molar-refractivity contribution in [3.05, 3.63) is 71.8 Å². The number of hydrogen-bond donors (Lipinski definition) is 1. The predicted molar refractivity (Wildman–Crippen MR) is 141 cm³/mol. The Morgan fingerprint density at radius 2 is 1.46 bits per heavy atom. The quantitative estimate of drug-likeness (QED) is 0.187. The number of carbonyl (C=O) groups is 1. The number of phenols is 1. The van der Waals surface area contributed by atoms with E-state index in [1.807, 2.05) is 24.3 Å². The van der Waals surface area contributed by atoms with Crippen LogP contribution >= 0.6 is 11.3 Å². The first-order valence-corrected chi connectivity index (χ1v) is 11.2. The van der Waals surface area contributed by atoms with Crippen LogP contribution in [0.15, 0.2) is 60.7 Å². The summed E-state index contributed by atoms with van der Waals surface area (Å²) in [6, 6.07) is 17.0. The van der Waals surface area contributed by atoms with Gasteiger partial charge in [-0.05, 0) is 47.9 Å². The number of hydrogen-bond acceptors (Lipinski definition) is 7. The van der Waals surface area contributed by atoms with Crippen LogP contribution in [0, 0.1) is 0 Å². The molecule has 6 nitrogen and oxygen atoms in total. The Morgan fingerprint density at radius 3 is 2.06 bits per heavy atom. The zero-order chi connectivity index (χ0) is 24.2. The van der Waals surface area contributed by atoms with E-state index in [1.54, 1.807) is 31.6 Å². The molecule has 0 atom stereocenters. The van der Waals surface area contributed by atoms with Crippen LogP contribution in [0.5, 0.6) is 28.7 Å². The van der Waals surface area contributed by atoms with Crippen LogP contribution in [-0.2, 0) is 0 Å². The van der Waals surface area contributed by atoms with Gasteiger partial charge in [-0.15, -0.1) is 11.3 Å². The molecule has 0 bridgehead atoms.